The van der Waals surface area contributed by atoms with Gasteiger partial charge in [0.1, 0.15) is 5.75 Å². The zero-order chi connectivity index (χ0) is 15.0. The Labute approximate surface area is 127 Å². The zero-order valence-corrected chi connectivity index (χ0v) is 12.9. The number of methoxy groups -OCH3 is 1. The maximum absolute atomic E-state index is 10.8. The molecular weight excluding hydrogens is 288 g/mol. The van der Waals surface area contributed by atoms with Crippen molar-refractivity contribution in [1.29, 1.82) is 0 Å². The smallest absolute Gasteiger partial charge is 0.313 e. The molecule has 1 aliphatic carbocycles. The highest BCUT2D eigenvalue weighted by Gasteiger charge is 2.30. The number of rotatable bonds is 5. The zero-order valence-electron chi connectivity index (χ0n) is 12.1. The van der Waals surface area contributed by atoms with Gasteiger partial charge in [-0.15, -0.1) is 0 Å². The number of thioether (sulfide) groups is 1. The van der Waals surface area contributed by atoms with Gasteiger partial charge in [0.2, 0.25) is 0 Å². The first-order valence-electron chi connectivity index (χ1n) is 6.99. The summed E-state index contributed by atoms with van der Waals surface area (Å²) in [5.41, 5.74) is 1.92. The lowest BCUT2D eigenvalue weighted by atomic mass is 9.81. The number of imidazole rings is 1. The Kier molecular flexibility index (Phi) is 3.80. The predicted molar refractivity (Wildman–Crippen MR) is 82.1 cm³/mol. The summed E-state index contributed by atoms with van der Waals surface area (Å²) >= 11 is 1.28. The molecular formula is C15H18N2O3S. The van der Waals surface area contributed by atoms with E-state index < -0.39 is 5.97 Å². The molecule has 0 saturated heterocycles. The largest absolute Gasteiger partial charge is 0.497 e. The lowest BCUT2D eigenvalue weighted by Crippen LogP contribution is -2.25. The van der Waals surface area contributed by atoms with E-state index in [-0.39, 0.29) is 5.75 Å². The normalized spacial score (nSPS) is 21.2. The molecule has 0 radical (unpaired) electrons. The van der Waals surface area contributed by atoms with Crippen molar-refractivity contribution >= 4 is 28.8 Å². The fourth-order valence-electron chi connectivity index (χ4n) is 2.84. The molecule has 1 fully saturated rings. The summed E-state index contributed by atoms with van der Waals surface area (Å²) in [6.45, 7) is 2.24. The molecule has 2 aromatic rings. The van der Waals surface area contributed by atoms with Gasteiger partial charge in [0, 0.05) is 12.1 Å². The van der Waals surface area contributed by atoms with Gasteiger partial charge in [0.05, 0.1) is 23.9 Å². The van der Waals surface area contributed by atoms with Crippen LogP contribution in [0.1, 0.15) is 25.8 Å². The Bertz CT molecular complexity index is 677. The minimum absolute atomic E-state index is 0.0305. The molecule has 0 spiro atoms. The molecule has 0 amide bonds. The van der Waals surface area contributed by atoms with Crippen molar-refractivity contribution in [2.75, 3.05) is 12.9 Å². The monoisotopic (exact) mass is 306 g/mol. The molecule has 0 bridgehead atoms. The average molecular weight is 306 g/mol. The highest BCUT2D eigenvalue weighted by atomic mass is 32.2. The van der Waals surface area contributed by atoms with Gasteiger partial charge in [-0.3, -0.25) is 4.79 Å². The molecule has 1 heterocycles. The number of nitrogens with zero attached hydrogens (tertiary/aromatic N) is 2. The van der Waals surface area contributed by atoms with E-state index in [0.717, 1.165) is 40.7 Å². The molecule has 112 valence electrons. The summed E-state index contributed by atoms with van der Waals surface area (Å²) in [6, 6.07) is 6.26. The molecule has 1 N–H and O–H groups in total. The first-order chi connectivity index (χ1) is 10.1. The molecule has 21 heavy (non-hydrogen) atoms. The first-order valence-corrected chi connectivity index (χ1v) is 7.97. The lowest BCUT2D eigenvalue weighted by Gasteiger charge is -2.35. The maximum atomic E-state index is 10.8. The lowest BCUT2D eigenvalue weighted by molar-refractivity contribution is -0.133. The van der Waals surface area contributed by atoms with Crippen LogP contribution in [0.15, 0.2) is 23.4 Å². The first kappa shape index (κ1) is 14.3. The van der Waals surface area contributed by atoms with Crippen LogP contribution in [0, 0.1) is 5.92 Å². The van der Waals surface area contributed by atoms with Gasteiger partial charge >= 0.3 is 5.97 Å². The summed E-state index contributed by atoms with van der Waals surface area (Å²) in [6.07, 6.45) is 2.25. The molecule has 5 nitrogen and oxygen atoms in total. The number of aromatic nitrogens is 2. The summed E-state index contributed by atoms with van der Waals surface area (Å²) in [4.78, 5) is 15.4. The molecule has 1 saturated carbocycles. The Hall–Kier alpha value is -1.69. The minimum Gasteiger partial charge on any atom is -0.497 e. The number of hydrogen-bond donors (Lipinski definition) is 1. The number of benzene rings is 1. The van der Waals surface area contributed by atoms with Crippen LogP contribution < -0.4 is 4.74 Å². The number of aliphatic carboxylic acids is 1. The number of hydrogen-bond acceptors (Lipinski definition) is 4. The van der Waals surface area contributed by atoms with Crippen LogP contribution in [-0.4, -0.2) is 33.5 Å². The van der Waals surface area contributed by atoms with E-state index in [2.05, 4.69) is 16.5 Å². The molecule has 0 aliphatic heterocycles. The van der Waals surface area contributed by atoms with E-state index in [4.69, 9.17) is 9.84 Å². The van der Waals surface area contributed by atoms with Crippen molar-refractivity contribution in [2.45, 2.75) is 31.0 Å². The van der Waals surface area contributed by atoms with Crippen molar-refractivity contribution in [1.82, 2.24) is 9.55 Å². The Balaban J connectivity index is 2.01. The summed E-state index contributed by atoms with van der Waals surface area (Å²) < 4.78 is 7.43. The minimum atomic E-state index is -0.821. The molecule has 1 aromatic heterocycles. The number of carbonyl (C=O) groups is 1. The molecule has 6 heteroatoms. The molecule has 1 aliphatic rings. The number of carboxylic acids is 1. The van der Waals surface area contributed by atoms with E-state index in [1.807, 2.05) is 18.2 Å². The Morgan fingerprint density at radius 1 is 1.52 bits per heavy atom. The number of fused-ring (bicyclic) bond motifs is 1. The van der Waals surface area contributed by atoms with E-state index in [0.29, 0.717) is 6.04 Å². The second-order valence-electron chi connectivity index (χ2n) is 5.53. The van der Waals surface area contributed by atoms with Gasteiger partial charge in [-0.1, -0.05) is 18.7 Å². The fraction of sp³-hybridized carbons (Fsp3) is 0.467. The summed E-state index contributed by atoms with van der Waals surface area (Å²) in [5.74, 6) is 0.702. The highest BCUT2D eigenvalue weighted by Crippen LogP contribution is 2.42. The van der Waals surface area contributed by atoms with Gasteiger partial charge in [0.15, 0.2) is 5.16 Å². The average Bonchev–Trinajstić information content (AvgIpc) is 2.78. The van der Waals surface area contributed by atoms with Crippen LogP contribution >= 0.6 is 11.8 Å². The fourth-order valence-corrected chi connectivity index (χ4v) is 3.64. The van der Waals surface area contributed by atoms with Gasteiger partial charge in [0.25, 0.3) is 0 Å². The SMILES string of the molecule is COc1ccc2c(c1)nc(SCC(=O)O)n2C1CC(C)C1. The van der Waals surface area contributed by atoms with Crippen LogP contribution in [0.3, 0.4) is 0 Å². The predicted octanol–water partition coefficient (Wildman–Crippen LogP) is 3.19. The highest BCUT2D eigenvalue weighted by molar-refractivity contribution is 7.99. The van der Waals surface area contributed by atoms with Crippen molar-refractivity contribution in [3.8, 4) is 5.75 Å². The standard InChI is InChI=1S/C15H18N2O3S/c1-9-5-10(6-9)17-13-4-3-11(20-2)7-12(13)16-15(17)21-8-14(18)19/h3-4,7,9-10H,5-6,8H2,1-2H3,(H,18,19). The van der Waals surface area contributed by atoms with Crippen LogP contribution in [0.2, 0.25) is 0 Å². The number of ether oxygens (including phenoxy) is 1. The van der Waals surface area contributed by atoms with Crippen molar-refractivity contribution in [2.24, 2.45) is 5.92 Å². The van der Waals surface area contributed by atoms with Gasteiger partial charge in [-0.05, 0) is 30.9 Å². The van der Waals surface area contributed by atoms with Gasteiger partial charge in [-0.2, -0.15) is 0 Å². The van der Waals surface area contributed by atoms with E-state index in [9.17, 15) is 4.79 Å². The third-order valence-corrected chi connectivity index (χ3v) is 4.84. The Morgan fingerprint density at radius 2 is 2.29 bits per heavy atom. The second kappa shape index (κ2) is 5.60. The van der Waals surface area contributed by atoms with Crippen molar-refractivity contribution in [3.05, 3.63) is 18.2 Å². The van der Waals surface area contributed by atoms with Crippen molar-refractivity contribution in [3.63, 3.8) is 0 Å². The molecule has 0 unspecified atom stereocenters. The molecule has 1 aromatic carbocycles. The number of carboxylic acid groups (broad SMARTS) is 1. The van der Waals surface area contributed by atoms with Crippen LogP contribution in [-0.2, 0) is 4.79 Å². The second-order valence-corrected chi connectivity index (χ2v) is 6.47. The quantitative estimate of drug-likeness (QED) is 0.859. The van der Waals surface area contributed by atoms with Gasteiger partial charge < -0.3 is 14.4 Å². The molecule has 3 rings (SSSR count). The summed E-state index contributed by atoms with van der Waals surface area (Å²) in [7, 11) is 1.63. The maximum Gasteiger partial charge on any atom is 0.313 e. The third-order valence-electron chi connectivity index (χ3n) is 3.90. The van der Waals surface area contributed by atoms with E-state index in [1.54, 1.807) is 7.11 Å². The molecule has 0 atom stereocenters. The van der Waals surface area contributed by atoms with E-state index >= 15 is 0 Å². The van der Waals surface area contributed by atoms with Gasteiger partial charge in [-0.25, -0.2) is 4.98 Å². The summed E-state index contributed by atoms with van der Waals surface area (Å²) in [5, 5.41) is 9.69. The topological polar surface area (TPSA) is 64.3 Å². The van der Waals surface area contributed by atoms with Crippen LogP contribution in [0.25, 0.3) is 11.0 Å². The van der Waals surface area contributed by atoms with Crippen molar-refractivity contribution < 1.29 is 14.6 Å². The van der Waals surface area contributed by atoms with Crippen LogP contribution in [0.5, 0.6) is 5.75 Å². The van der Waals surface area contributed by atoms with Crippen LogP contribution in [0.4, 0.5) is 0 Å². The third kappa shape index (κ3) is 2.72. The Morgan fingerprint density at radius 3 is 2.90 bits per heavy atom. The van der Waals surface area contributed by atoms with E-state index in [1.165, 1.54) is 11.8 Å².